The van der Waals surface area contributed by atoms with Gasteiger partial charge in [-0.2, -0.15) is 0 Å². The number of hydrogen-bond donors (Lipinski definition) is 1. The molecule has 2 N–H and O–H groups in total. The Kier molecular flexibility index (Phi) is 3.01. The van der Waals surface area contributed by atoms with Crippen molar-refractivity contribution in [2.45, 2.75) is 38.8 Å². The number of nitrogens with zero attached hydrogens (tertiary/aromatic N) is 1. The van der Waals surface area contributed by atoms with Crippen molar-refractivity contribution in [3.8, 4) is 0 Å². The first-order chi connectivity index (χ1) is 7.43. The van der Waals surface area contributed by atoms with Crippen LogP contribution in [0.3, 0.4) is 0 Å². The molecule has 1 fully saturated rings. The lowest BCUT2D eigenvalue weighted by atomic mass is 9.96. The molecule has 0 aromatic heterocycles. The molecule has 2 nitrogen and oxygen atoms in total. The van der Waals surface area contributed by atoms with E-state index in [0.717, 1.165) is 17.4 Å². The molecule has 0 spiro atoms. The second kappa shape index (κ2) is 4.04. The molecular formula is C13H19BrN2. The van der Waals surface area contributed by atoms with E-state index >= 15 is 0 Å². The van der Waals surface area contributed by atoms with Crippen LogP contribution in [-0.4, -0.2) is 18.1 Å². The van der Waals surface area contributed by atoms with Gasteiger partial charge in [0.2, 0.25) is 0 Å². The van der Waals surface area contributed by atoms with Gasteiger partial charge in [-0.1, -0.05) is 15.9 Å². The van der Waals surface area contributed by atoms with Crippen LogP contribution < -0.4 is 10.6 Å². The minimum atomic E-state index is 0.0558. The van der Waals surface area contributed by atoms with Gasteiger partial charge in [0.1, 0.15) is 0 Å². The molecule has 1 saturated heterocycles. The Hall–Kier alpha value is -0.540. The van der Waals surface area contributed by atoms with Crippen LogP contribution in [0.4, 0.5) is 5.69 Å². The molecule has 88 valence electrons. The Morgan fingerprint density at radius 2 is 2.12 bits per heavy atom. The third-order valence-electron chi connectivity index (χ3n) is 3.72. The summed E-state index contributed by atoms with van der Waals surface area (Å²) in [6.45, 7) is 7.62. The van der Waals surface area contributed by atoms with Crippen LogP contribution in [0, 0.1) is 6.92 Å². The lowest BCUT2D eigenvalue weighted by molar-refractivity contribution is 0.453. The molecular weight excluding hydrogens is 264 g/mol. The molecule has 1 atom stereocenters. The fourth-order valence-electron chi connectivity index (χ4n) is 2.37. The van der Waals surface area contributed by atoms with Gasteiger partial charge in [0.05, 0.1) is 0 Å². The van der Waals surface area contributed by atoms with Crippen LogP contribution in [0.25, 0.3) is 0 Å². The van der Waals surface area contributed by atoms with E-state index in [4.69, 9.17) is 5.73 Å². The van der Waals surface area contributed by atoms with E-state index in [1.807, 2.05) is 0 Å². The highest BCUT2D eigenvalue weighted by molar-refractivity contribution is 9.10. The number of hydrogen-bond acceptors (Lipinski definition) is 2. The first-order valence-electron chi connectivity index (χ1n) is 5.72. The minimum Gasteiger partial charge on any atom is -0.365 e. The average molecular weight is 283 g/mol. The smallest absolute Gasteiger partial charge is 0.0497 e. The second-order valence-electron chi connectivity index (χ2n) is 5.13. The van der Waals surface area contributed by atoms with Gasteiger partial charge in [-0.15, -0.1) is 0 Å². The molecule has 1 aromatic rings. The molecule has 16 heavy (non-hydrogen) atoms. The van der Waals surface area contributed by atoms with E-state index in [1.54, 1.807) is 0 Å². The van der Waals surface area contributed by atoms with Gasteiger partial charge in [0.15, 0.2) is 0 Å². The number of rotatable bonds is 1. The standard InChI is InChI=1S/C13H19BrN2/c1-9-8-10(4-5-11(9)14)16-7-6-12(15)13(16,2)3/h4-5,8,12H,6-7,15H2,1-3H3. The van der Waals surface area contributed by atoms with Gasteiger partial charge >= 0.3 is 0 Å². The Morgan fingerprint density at radius 1 is 1.44 bits per heavy atom. The lowest BCUT2D eigenvalue weighted by Crippen LogP contribution is -2.48. The number of nitrogens with two attached hydrogens (primary N) is 1. The maximum Gasteiger partial charge on any atom is 0.0497 e. The highest BCUT2D eigenvalue weighted by Crippen LogP contribution is 2.34. The van der Waals surface area contributed by atoms with Crippen molar-refractivity contribution in [1.82, 2.24) is 0 Å². The molecule has 1 heterocycles. The fraction of sp³-hybridized carbons (Fsp3) is 0.538. The zero-order valence-corrected chi connectivity index (χ0v) is 11.7. The van der Waals surface area contributed by atoms with E-state index in [2.05, 4.69) is 59.8 Å². The molecule has 1 aliphatic rings. The Bertz CT molecular complexity index is 401. The molecule has 1 aliphatic heterocycles. The third kappa shape index (κ3) is 1.87. The summed E-state index contributed by atoms with van der Waals surface area (Å²) in [6.07, 6.45) is 1.07. The predicted molar refractivity (Wildman–Crippen MR) is 72.9 cm³/mol. The van der Waals surface area contributed by atoms with Gasteiger partial charge in [-0.3, -0.25) is 0 Å². The van der Waals surface area contributed by atoms with Crippen molar-refractivity contribution < 1.29 is 0 Å². The van der Waals surface area contributed by atoms with Gasteiger partial charge in [-0.05, 0) is 51.0 Å². The number of aryl methyl sites for hydroxylation is 1. The summed E-state index contributed by atoms with van der Waals surface area (Å²) in [7, 11) is 0. The van der Waals surface area contributed by atoms with E-state index in [1.165, 1.54) is 11.3 Å². The molecule has 3 heteroatoms. The summed E-state index contributed by atoms with van der Waals surface area (Å²) < 4.78 is 1.16. The zero-order chi connectivity index (χ0) is 11.9. The molecule has 1 unspecified atom stereocenters. The maximum atomic E-state index is 6.16. The van der Waals surface area contributed by atoms with Crippen LogP contribution in [-0.2, 0) is 0 Å². The first kappa shape index (κ1) is 11.9. The highest BCUT2D eigenvalue weighted by Gasteiger charge is 2.38. The van der Waals surface area contributed by atoms with Gasteiger partial charge in [-0.25, -0.2) is 0 Å². The van der Waals surface area contributed by atoms with Crippen molar-refractivity contribution in [2.24, 2.45) is 5.73 Å². The molecule has 0 saturated carbocycles. The maximum absolute atomic E-state index is 6.16. The van der Waals surface area contributed by atoms with Crippen molar-refractivity contribution >= 4 is 21.6 Å². The van der Waals surface area contributed by atoms with E-state index in [9.17, 15) is 0 Å². The van der Waals surface area contributed by atoms with Crippen LogP contribution >= 0.6 is 15.9 Å². The summed E-state index contributed by atoms with van der Waals surface area (Å²) in [5.41, 5.74) is 8.76. The highest BCUT2D eigenvalue weighted by atomic mass is 79.9. The average Bonchev–Trinajstić information content (AvgIpc) is 2.47. The van der Waals surface area contributed by atoms with Crippen LogP contribution in [0.2, 0.25) is 0 Å². The monoisotopic (exact) mass is 282 g/mol. The van der Waals surface area contributed by atoms with Crippen LogP contribution in [0.5, 0.6) is 0 Å². The molecule has 0 aliphatic carbocycles. The number of benzene rings is 1. The molecule has 0 bridgehead atoms. The topological polar surface area (TPSA) is 29.3 Å². The summed E-state index contributed by atoms with van der Waals surface area (Å²) in [5.74, 6) is 0. The fourth-order valence-corrected chi connectivity index (χ4v) is 2.61. The Balaban J connectivity index is 2.35. The largest absolute Gasteiger partial charge is 0.365 e. The second-order valence-corrected chi connectivity index (χ2v) is 5.99. The predicted octanol–water partition coefficient (Wildman–Crippen LogP) is 3.07. The van der Waals surface area contributed by atoms with E-state index in [0.29, 0.717) is 0 Å². The summed E-state index contributed by atoms with van der Waals surface area (Å²) in [5, 5.41) is 0. The van der Waals surface area contributed by atoms with Gasteiger partial charge in [0, 0.05) is 28.3 Å². The van der Waals surface area contributed by atoms with Gasteiger partial charge in [0.25, 0.3) is 0 Å². The first-order valence-corrected chi connectivity index (χ1v) is 6.51. The van der Waals surface area contributed by atoms with Crippen LogP contribution in [0.15, 0.2) is 22.7 Å². The molecule has 0 amide bonds. The minimum absolute atomic E-state index is 0.0558. The summed E-state index contributed by atoms with van der Waals surface area (Å²) in [4.78, 5) is 2.41. The van der Waals surface area contributed by atoms with E-state index < -0.39 is 0 Å². The molecule has 1 aromatic carbocycles. The van der Waals surface area contributed by atoms with Crippen molar-refractivity contribution in [1.29, 1.82) is 0 Å². The summed E-state index contributed by atoms with van der Waals surface area (Å²) in [6, 6.07) is 6.77. The molecule has 0 radical (unpaired) electrons. The van der Waals surface area contributed by atoms with E-state index in [-0.39, 0.29) is 11.6 Å². The summed E-state index contributed by atoms with van der Waals surface area (Å²) >= 11 is 3.54. The normalized spacial score (nSPS) is 23.8. The van der Waals surface area contributed by atoms with Crippen molar-refractivity contribution in [3.05, 3.63) is 28.2 Å². The lowest BCUT2D eigenvalue weighted by Gasteiger charge is -2.36. The van der Waals surface area contributed by atoms with Crippen molar-refractivity contribution in [2.75, 3.05) is 11.4 Å². The number of anilines is 1. The van der Waals surface area contributed by atoms with Crippen LogP contribution in [0.1, 0.15) is 25.8 Å². The van der Waals surface area contributed by atoms with Crippen molar-refractivity contribution in [3.63, 3.8) is 0 Å². The SMILES string of the molecule is Cc1cc(N2CCC(N)C2(C)C)ccc1Br. The zero-order valence-electron chi connectivity index (χ0n) is 10.1. The van der Waals surface area contributed by atoms with Gasteiger partial charge < -0.3 is 10.6 Å². The third-order valence-corrected chi connectivity index (χ3v) is 4.61. The number of halogens is 1. The Labute approximate surface area is 106 Å². The quantitative estimate of drug-likeness (QED) is 0.858. The Morgan fingerprint density at radius 3 is 2.62 bits per heavy atom. The molecule has 2 rings (SSSR count).